The first kappa shape index (κ1) is 19.5. The highest BCUT2D eigenvalue weighted by Gasteiger charge is 2.20. The number of ether oxygens (including phenoxy) is 1. The quantitative estimate of drug-likeness (QED) is 0.598. The van der Waals surface area contributed by atoms with Crippen LogP contribution in [-0.4, -0.2) is 30.1 Å². The van der Waals surface area contributed by atoms with Crippen LogP contribution in [0.15, 0.2) is 53.4 Å². The SMILES string of the molecule is CSc1ccccc1NC(=O)[C@@H](C)OC(=O)c1cccc(NC(C)=O)c1. The molecular formula is C19H20N2O4S. The molecule has 0 bridgehead atoms. The number of hydrogen-bond donors (Lipinski definition) is 2. The van der Waals surface area contributed by atoms with E-state index in [0.29, 0.717) is 11.4 Å². The molecule has 0 spiro atoms. The van der Waals surface area contributed by atoms with Gasteiger partial charge < -0.3 is 15.4 Å². The maximum atomic E-state index is 12.3. The molecule has 2 rings (SSSR count). The zero-order valence-electron chi connectivity index (χ0n) is 14.7. The highest BCUT2D eigenvalue weighted by Crippen LogP contribution is 2.24. The minimum atomic E-state index is -0.971. The van der Waals surface area contributed by atoms with Gasteiger partial charge in [-0.1, -0.05) is 18.2 Å². The Kier molecular flexibility index (Phi) is 6.80. The van der Waals surface area contributed by atoms with Crippen molar-refractivity contribution in [3.8, 4) is 0 Å². The average molecular weight is 372 g/mol. The summed E-state index contributed by atoms with van der Waals surface area (Å²) in [5.74, 6) is -1.30. The van der Waals surface area contributed by atoms with Gasteiger partial charge in [-0.3, -0.25) is 9.59 Å². The van der Waals surface area contributed by atoms with E-state index in [2.05, 4.69) is 10.6 Å². The van der Waals surface area contributed by atoms with E-state index >= 15 is 0 Å². The molecule has 26 heavy (non-hydrogen) atoms. The second-order valence-corrected chi connectivity index (χ2v) is 6.35. The molecule has 0 heterocycles. The van der Waals surface area contributed by atoms with Gasteiger partial charge in [-0.25, -0.2) is 4.79 Å². The summed E-state index contributed by atoms with van der Waals surface area (Å²) in [6, 6.07) is 13.7. The van der Waals surface area contributed by atoms with Crippen LogP contribution in [0.3, 0.4) is 0 Å². The minimum absolute atomic E-state index is 0.240. The monoisotopic (exact) mass is 372 g/mol. The number of carbonyl (C=O) groups excluding carboxylic acids is 3. The molecule has 6 nitrogen and oxygen atoms in total. The van der Waals surface area contributed by atoms with Crippen LogP contribution in [-0.2, 0) is 14.3 Å². The molecule has 0 saturated carbocycles. The fraction of sp³-hybridized carbons (Fsp3) is 0.211. The van der Waals surface area contributed by atoms with Gasteiger partial charge in [-0.2, -0.15) is 0 Å². The molecule has 0 aliphatic rings. The summed E-state index contributed by atoms with van der Waals surface area (Å²) in [6.45, 7) is 2.89. The molecule has 0 radical (unpaired) electrons. The van der Waals surface area contributed by atoms with E-state index in [0.717, 1.165) is 4.90 Å². The van der Waals surface area contributed by atoms with Gasteiger partial charge in [0.05, 0.1) is 11.3 Å². The molecule has 0 aliphatic heterocycles. The molecule has 136 valence electrons. The summed E-state index contributed by atoms with van der Waals surface area (Å²) in [6.07, 6.45) is 0.943. The molecule has 0 unspecified atom stereocenters. The van der Waals surface area contributed by atoms with E-state index < -0.39 is 18.0 Å². The minimum Gasteiger partial charge on any atom is -0.449 e. The van der Waals surface area contributed by atoms with E-state index in [1.807, 2.05) is 24.5 Å². The summed E-state index contributed by atoms with van der Waals surface area (Å²) in [4.78, 5) is 36.6. The number of benzene rings is 2. The summed E-state index contributed by atoms with van der Waals surface area (Å²) in [5.41, 5.74) is 1.40. The molecule has 2 aromatic rings. The van der Waals surface area contributed by atoms with Gasteiger partial charge in [0.2, 0.25) is 5.91 Å². The fourth-order valence-electron chi connectivity index (χ4n) is 2.19. The summed E-state index contributed by atoms with van der Waals surface area (Å²) >= 11 is 1.51. The van der Waals surface area contributed by atoms with Gasteiger partial charge in [0, 0.05) is 17.5 Å². The predicted octanol–water partition coefficient (Wildman–Crippen LogP) is 3.55. The number of amides is 2. The summed E-state index contributed by atoms with van der Waals surface area (Å²) in [7, 11) is 0. The van der Waals surface area contributed by atoms with Crippen LogP contribution in [0.2, 0.25) is 0 Å². The second kappa shape index (κ2) is 9.05. The molecule has 0 aliphatic carbocycles. The third kappa shape index (κ3) is 5.35. The number of esters is 1. The Labute approximate surface area is 156 Å². The molecule has 1 atom stereocenters. The van der Waals surface area contributed by atoms with Crippen LogP contribution in [0.1, 0.15) is 24.2 Å². The van der Waals surface area contributed by atoms with Crippen LogP contribution in [0.4, 0.5) is 11.4 Å². The lowest BCUT2D eigenvalue weighted by Crippen LogP contribution is -2.30. The Morgan fingerprint density at radius 1 is 1.04 bits per heavy atom. The van der Waals surface area contributed by atoms with Crippen molar-refractivity contribution < 1.29 is 19.1 Å². The van der Waals surface area contributed by atoms with Crippen molar-refractivity contribution in [2.24, 2.45) is 0 Å². The normalized spacial score (nSPS) is 11.3. The number of thioether (sulfide) groups is 1. The summed E-state index contributed by atoms with van der Waals surface area (Å²) < 4.78 is 5.23. The first-order valence-electron chi connectivity index (χ1n) is 7.93. The van der Waals surface area contributed by atoms with E-state index in [-0.39, 0.29) is 11.5 Å². The standard InChI is InChI=1S/C19H20N2O4S/c1-12(18(23)21-16-9-4-5-10-17(16)26-3)25-19(24)14-7-6-8-15(11-14)20-13(2)22/h4-12H,1-3H3,(H,20,22)(H,21,23)/t12-/m1/s1. The molecule has 0 saturated heterocycles. The first-order valence-corrected chi connectivity index (χ1v) is 9.15. The van der Waals surface area contributed by atoms with E-state index in [9.17, 15) is 14.4 Å². The third-order valence-electron chi connectivity index (χ3n) is 3.44. The molecule has 2 amide bonds. The lowest BCUT2D eigenvalue weighted by molar-refractivity contribution is -0.123. The Morgan fingerprint density at radius 3 is 2.46 bits per heavy atom. The molecular weight excluding hydrogens is 352 g/mol. The Balaban J connectivity index is 2.02. The Morgan fingerprint density at radius 2 is 1.77 bits per heavy atom. The van der Waals surface area contributed by atoms with Crippen molar-refractivity contribution in [3.05, 3.63) is 54.1 Å². The van der Waals surface area contributed by atoms with E-state index in [1.165, 1.54) is 31.7 Å². The second-order valence-electron chi connectivity index (χ2n) is 5.50. The van der Waals surface area contributed by atoms with Crippen LogP contribution < -0.4 is 10.6 Å². The maximum absolute atomic E-state index is 12.3. The molecule has 0 fully saturated rings. The zero-order valence-corrected chi connectivity index (χ0v) is 15.6. The van der Waals surface area contributed by atoms with E-state index in [1.54, 1.807) is 24.3 Å². The van der Waals surface area contributed by atoms with Crippen molar-refractivity contribution in [1.82, 2.24) is 0 Å². The number of nitrogens with one attached hydrogen (secondary N) is 2. The van der Waals surface area contributed by atoms with Crippen molar-refractivity contribution in [2.75, 3.05) is 16.9 Å². The first-order chi connectivity index (χ1) is 12.4. The van der Waals surface area contributed by atoms with Gasteiger partial charge >= 0.3 is 5.97 Å². The smallest absolute Gasteiger partial charge is 0.338 e. The van der Waals surface area contributed by atoms with E-state index in [4.69, 9.17) is 4.74 Å². The summed E-state index contributed by atoms with van der Waals surface area (Å²) in [5, 5.41) is 5.35. The Bertz CT molecular complexity index is 823. The van der Waals surface area contributed by atoms with Gasteiger partial charge in [0.1, 0.15) is 0 Å². The highest BCUT2D eigenvalue weighted by atomic mass is 32.2. The maximum Gasteiger partial charge on any atom is 0.338 e. The number of anilines is 2. The number of rotatable bonds is 6. The molecule has 2 aromatic carbocycles. The number of para-hydroxylation sites is 1. The van der Waals surface area contributed by atoms with Gasteiger partial charge in [0.25, 0.3) is 5.91 Å². The average Bonchev–Trinajstić information content (AvgIpc) is 2.61. The third-order valence-corrected chi connectivity index (χ3v) is 4.23. The van der Waals surface area contributed by atoms with Crippen LogP contribution >= 0.6 is 11.8 Å². The van der Waals surface area contributed by atoms with Gasteiger partial charge in [0.15, 0.2) is 6.10 Å². The van der Waals surface area contributed by atoms with Gasteiger partial charge in [-0.15, -0.1) is 11.8 Å². The lowest BCUT2D eigenvalue weighted by atomic mass is 10.2. The van der Waals surface area contributed by atoms with Crippen LogP contribution in [0, 0.1) is 0 Å². The predicted molar refractivity (Wildman–Crippen MR) is 102 cm³/mol. The van der Waals surface area contributed by atoms with Crippen molar-refractivity contribution in [1.29, 1.82) is 0 Å². The van der Waals surface area contributed by atoms with Gasteiger partial charge in [-0.05, 0) is 43.5 Å². The number of hydrogen-bond acceptors (Lipinski definition) is 5. The zero-order chi connectivity index (χ0) is 19.1. The number of carbonyl (C=O) groups is 3. The van der Waals surface area contributed by atoms with Crippen molar-refractivity contribution in [3.63, 3.8) is 0 Å². The van der Waals surface area contributed by atoms with Crippen molar-refractivity contribution in [2.45, 2.75) is 24.8 Å². The molecule has 2 N–H and O–H groups in total. The molecule has 7 heteroatoms. The lowest BCUT2D eigenvalue weighted by Gasteiger charge is -2.15. The van der Waals surface area contributed by atoms with Crippen molar-refractivity contribution >= 4 is 40.9 Å². The van der Waals surface area contributed by atoms with Crippen LogP contribution in [0.5, 0.6) is 0 Å². The fourth-order valence-corrected chi connectivity index (χ4v) is 2.75. The topological polar surface area (TPSA) is 84.5 Å². The molecule has 0 aromatic heterocycles. The largest absolute Gasteiger partial charge is 0.449 e. The van der Waals surface area contributed by atoms with Crippen LogP contribution in [0.25, 0.3) is 0 Å². The Hall–Kier alpha value is -2.80. The highest BCUT2D eigenvalue weighted by molar-refractivity contribution is 7.98.